The molecule has 1 aromatic rings. The maximum atomic E-state index is 12.4. The van der Waals surface area contributed by atoms with Gasteiger partial charge in [0, 0.05) is 25.3 Å². The number of carbonyl (C=O) groups is 2. The number of benzene rings is 1. The fourth-order valence-corrected chi connectivity index (χ4v) is 2.56. The molecule has 3 N–H and O–H groups in total. The number of piperidine rings is 1. The van der Waals surface area contributed by atoms with E-state index in [4.69, 9.17) is 5.73 Å². The molecule has 1 aliphatic rings. The van der Waals surface area contributed by atoms with Crippen molar-refractivity contribution >= 4 is 17.5 Å². The molecule has 2 rings (SSSR count). The minimum Gasteiger partial charge on any atom is -0.398 e. The van der Waals surface area contributed by atoms with Crippen LogP contribution in [-0.2, 0) is 4.79 Å². The van der Waals surface area contributed by atoms with E-state index < -0.39 is 12.1 Å². The van der Waals surface area contributed by atoms with Crippen molar-refractivity contribution < 1.29 is 22.8 Å². The van der Waals surface area contributed by atoms with Gasteiger partial charge in [-0.25, -0.2) is 0 Å². The lowest BCUT2D eigenvalue weighted by Gasteiger charge is -2.32. The van der Waals surface area contributed by atoms with E-state index in [1.807, 2.05) is 0 Å². The van der Waals surface area contributed by atoms with Crippen LogP contribution in [0.2, 0.25) is 0 Å². The van der Waals surface area contributed by atoms with Crippen LogP contribution in [0.25, 0.3) is 0 Å². The Balaban J connectivity index is 1.80. The minimum atomic E-state index is -4.83. The maximum Gasteiger partial charge on any atom is 0.471 e. The number of hydrogen-bond donors (Lipinski definition) is 2. The number of nitrogens with two attached hydrogens (primary N) is 1. The predicted molar refractivity (Wildman–Crippen MR) is 78.5 cm³/mol. The zero-order valence-corrected chi connectivity index (χ0v) is 12.4. The fourth-order valence-electron chi connectivity index (χ4n) is 2.56. The number of nitrogen functional groups attached to an aromatic ring is 1. The lowest BCUT2D eigenvalue weighted by molar-refractivity contribution is -0.186. The van der Waals surface area contributed by atoms with Gasteiger partial charge in [-0.1, -0.05) is 12.1 Å². The van der Waals surface area contributed by atoms with Gasteiger partial charge in [-0.05, 0) is 30.9 Å². The van der Waals surface area contributed by atoms with Gasteiger partial charge >= 0.3 is 12.1 Å². The van der Waals surface area contributed by atoms with Gasteiger partial charge in [0.2, 0.25) is 0 Å². The molecule has 1 saturated heterocycles. The van der Waals surface area contributed by atoms with Crippen molar-refractivity contribution in [2.45, 2.75) is 19.0 Å². The number of carbonyl (C=O) groups excluding carboxylic acids is 2. The highest BCUT2D eigenvalue weighted by Crippen LogP contribution is 2.23. The summed E-state index contributed by atoms with van der Waals surface area (Å²) in [6.07, 6.45) is -3.98. The number of rotatable bonds is 3. The van der Waals surface area contributed by atoms with Gasteiger partial charge in [-0.15, -0.1) is 0 Å². The SMILES string of the molecule is Nc1ccccc1C(=O)NCC1CCN(C(=O)C(F)(F)F)CC1. The number of nitrogens with one attached hydrogen (secondary N) is 1. The average molecular weight is 329 g/mol. The molecule has 0 aromatic heterocycles. The Morgan fingerprint density at radius 3 is 2.39 bits per heavy atom. The highest BCUT2D eigenvalue weighted by Gasteiger charge is 2.43. The first-order valence-corrected chi connectivity index (χ1v) is 7.28. The second-order valence-corrected chi connectivity index (χ2v) is 5.53. The van der Waals surface area contributed by atoms with Gasteiger partial charge in [-0.2, -0.15) is 13.2 Å². The molecule has 8 heteroatoms. The molecular weight excluding hydrogens is 311 g/mol. The van der Waals surface area contributed by atoms with E-state index in [-0.39, 0.29) is 24.9 Å². The quantitative estimate of drug-likeness (QED) is 0.830. The van der Waals surface area contributed by atoms with Gasteiger partial charge in [0.25, 0.3) is 5.91 Å². The zero-order chi connectivity index (χ0) is 17.0. The Bertz CT molecular complexity index is 582. The Kier molecular flexibility index (Phi) is 5.12. The van der Waals surface area contributed by atoms with Crippen LogP contribution >= 0.6 is 0 Å². The van der Waals surface area contributed by atoms with Crippen molar-refractivity contribution in [3.63, 3.8) is 0 Å². The highest BCUT2D eigenvalue weighted by molar-refractivity contribution is 5.99. The summed E-state index contributed by atoms with van der Waals surface area (Å²) in [6.45, 7) is 0.444. The van der Waals surface area contributed by atoms with Crippen LogP contribution in [0.4, 0.5) is 18.9 Å². The van der Waals surface area contributed by atoms with Gasteiger partial charge in [-0.3, -0.25) is 9.59 Å². The number of amides is 2. The van der Waals surface area contributed by atoms with Crippen molar-refractivity contribution in [1.82, 2.24) is 10.2 Å². The smallest absolute Gasteiger partial charge is 0.398 e. The molecule has 1 fully saturated rings. The van der Waals surface area contributed by atoms with E-state index in [1.165, 1.54) is 0 Å². The summed E-state index contributed by atoms with van der Waals surface area (Å²) < 4.78 is 37.1. The van der Waals surface area contributed by atoms with Gasteiger partial charge in [0.1, 0.15) is 0 Å². The van der Waals surface area contributed by atoms with Crippen molar-refractivity contribution in [3.05, 3.63) is 29.8 Å². The van der Waals surface area contributed by atoms with Crippen LogP contribution in [0, 0.1) is 5.92 Å². The van der Waals surface area contributed by atoms with Crippen LogP contribution in [0.5, 0.6) is 0 Å². The molecule has 126 valence electrons. The average Bonchev–Trinajstić information content (AvgIpc) is 2.52. The molecule has 0 atom stereocenters. The molecule has 1 heterocycles. The summed E-state index contributed by atoms with van der Waals surface area (Å²) in [7, 11) is 0. The Labute approximate surface area is 131 Å². The largest absolute Gasteiger partial charge is 0.471 e. The number of anilines is 1. The molecule has 23 heavy (non-hydrogen) atoms. The molecule has 0 radical (unpaired) electrons. The van der Waals surface area contributed by atoms with Crippen LogP contribution in [0.1, 0.15) is 23.2 Å². The maximum absolute atomic E-state index is 12.4. The number of halogens is 3. The van der Waals surface area contributed by atoms with Crippen LogP contribution in [0.15, 0.2) is 24.3 Å². The zero-order valence-electron chi connectivity index (χ0n) is 12.4. The summed E-state index contributed by atoms with van der Waals surface area (Å²) in [6, 6.07) is 6.65. The van der Waals surface area contributed by atoms with E-state index in [2.05, 4.69) is 5.32 Å². The normalized spacial score (nSPS) is 16.2. The first-order chi connectivity index (χ1) is 10.8. The molecule has 2 amide bonds. The number of likely N-dealkylation sites (tertiary alicyclic amines) is 1. The van der Waals surface area contributed by atoms with E-state index in [0.29, 0.717) is 30.6 Å². The van der Waals surface area contributed by atoms with Crippen molar-refractivity contribution in [1.29, 1.82) is 0 Å². The van der Waals surface area contributed by atoms with E-state index in [0.717, 1.165) is 4.90 Å². The fraction of sp³-hybridized carbons (Fsp3) is 0.467. The van der Waals surface area contributed by atoms with E-state index in [1.54, 1.807) is 24.3 Å². The minimum absolute atomic E-state index is 0.0428. The molecule has 5 nitrogen and oxygen atoms in total. The third kappa shape index (κ3) is 4.37. The monoisotopic (exact) mass is 329 g/mol. The van der Waals surface area contributed by atoms with E-state index >= 15 is 0 Å². The molecule has 0 saturated carbocycles. The summed E-state index contributed by atoms with van der Waals surface area (Å²) >= 11 is 0. The molecule has 0 bridgehead atoms. The van der Waals surface area contributed by atoms with Gasteiger partial charge in [0.05, 0.1) is 5.56 Å². The number of nitrogens with zero attached hydrogens (tertiary/aromatic N) is 1. The van der Waals surface area contributed by atoms with Crippen LogP contribution < -0.4 is 11.1 Å². The van der Waals surface area contributed by atoms with Gasteiger partial charge in [0.15, 0.2) is 0 Å². The van der Waals surface area contributed by atoms with Crippen molar-refractivity contribution in [3.8, 4) is 0 Å². The van der Waals surface area contributed by atoms with Crippen LogP contribution in [0.3, 0.4) is 0 Å². The lowest BCUT2D eigenvalue weighted by Crippen LogP contribution is -2.46. The van der Waals surface area contributed by atoms with Crippen molar-refractivity contribution in [2.24, 2.45) is 5.92 Å². The Morgan fingerprint density at radius 2 is 1.83 bits per heavy atom. The molecule has 0 spiro atoms. The topological polar surface area (TPSA) is 75.4 Å². The molecule has 1 aliphatic heterocycles. The van der Waals surface area contributed by atoms with E-state index in [9.17, 15) is 22.8 Å². The molecular formula is C15H18F3N3O2. The second kappa shape index (κ2) is 6.89. The molecule has 1 aromatic carbocycles. The third-order valence-electron chi connectivity index (χ3n) is 3.90. The number of para-hydroxylation sites is 1. The lowest BCUT2D eigenvalue weighted by atomic mass is 9.96. The molecule has 0 unspecified atom stereocenters. The Hall–Kier alpha value is -2.25. The summed E-state index contributed by atoms with van der Waals surface area (Å²) in [5, 5.41) is 2.74. The number of alkyl halides is 3. The predicted octanol–water partition coefficient (Wildman–Crippen LogP) is 1.80. The standard InChI is InChI=1S/C15H18F3N3O2/c16-15(17,18)14(23)21-7-5-10(6-8-21)9-20-13(22)11-3-1-2-4-12(11)19/h1-4,10H,5-9,19H2,(H,20,22). The third-order valence-corrected chi connectivity index (χ3v) is 3.90. The first kappa shape index (κ1) is 17.1. The Morgan fingerprint density at radius 1 is 1.22 bits per heavy atom. The first-order valence-electron chi connectivity index (χ1n) is 7.28. The van der Waals surface area contributed by atoms with Gasteiger partial charge < -0.3 is 16.0 Å². The van der Waals surface area contributed by atoms with Crippen molar-refractivity contribution in [2.75, 3.05) is 25.4 Å². The second-order valence-electron chi connectivity index (χ2n) is 5.53. The molecule has 0 aliphatic carbocycles. The summed E-state index contributed by atoms with van der Waals surface area (Å²) in [4.78, 5) is 24.0. The number of hydrogen-bond acceptors (Lipinski definition) is 3. The van der Waals surface area contributed by atoms with Crippen LogP contribution in [-0.4, -0.2) is 42.5 Å². The summed E-state index contributed by atoms with van der Waals surface area (Å²) in [5.74, 6) is -2.06. The summed E-state index contributed by atoms with van der Waals surface area (Å²) in [5.41, 5.74) is 6.45. The highest BCUT2D eigenvalue weighted by atomic mass is 19.4.